The van der Waals surface area contributed by atoms with Crippen molar-refractivity contribution in [3.05, 3.63) is 119 Å². The third kappa shape index (κ3) is 7.59. The fourth-order valence-corrected chi connectivity index (χ4v) is 8.61. The van der Waals surface area contributed by atoms with Crippen LogP contribution in [0.4, 0.5) is 9.59 Å². The van der Waals surface area contributed by atoms with Crippen LogP contribution in [0.5, 0.6) is 0 Å². The monoisotopic (exact) mass is 809 g/mol. The molecular weight excluding hydrogens is 761 g/mol. The summed E-state index contributed by atoms with van der Waals surface area (Å²) in [5.74, 6) is 7.63. The third-order valence-electron chi connectivity index (χ3n) is 11.9. The number of fused-ring (bicyclic) bond motifs is 3. The number of benzene rings is 4. The minimum absolute atomic E-state index is 0.118. The molecule has 0 saturated carbocycles. The summed E-state index contributed by atoms with van der Waals surface area (Å²) < 4.78 is 3.52. The van der Waals surface area contributed by atoms with E-state index in [0.29, 0.717) is 25.3 Å². The number of aromatic nitrogens is 4. The Bertz CT molecular complexity index is 2610. The summed E-state index contributed by atoms with van der Waals surface area (Å²) in [6.07, 6.45) is 2.74. The highest BCUT2D eigenvalue weighted by Gasteiger charge is 2.54. The van der Waals surface area contributed by atoms with Crippen LogP contribution in [0.2, 0.25) is 0 Å². The quantitative estimate of drug-likeness (QED) is 0.0417. The van der Waals surface area contributed by atoms with E-state index in [1.807, 2.05) is 104 Å². The molecule has 4 heterocycles. The van der Waals surface area contributed by atoms with Gasteiger partial charge in [0, 0.05) is 33.4 Å². The summed E-state index contributed by atoms with van der Waals surface area (Å²) in [6.45, 7) is 6.51. The van der Waals surface area contributed by atoms with Crippen molar-refractivity contribution >= 4 is 39.9 Å². The largest absolute Gasteiger partial charge is 0.568 e. The van der Waals surface area contributed by atoms with Crippen molar-refractivity contribution in [1.29, 1.82) is 0 Å². The van der Waals surface area contributed by atoms with E-state index in [0.717, 1.165) is 74.8 Å². The van der Waals surface area contributed by atoms with Gasteiger partial charge in [0.1, 0.15) is 23.7 Å². The number of H-pyrrole nitrogens is 2. The summed E-state index contributed by atoms with van der Waals surface area (Å²) in [5, 5.41) is 28.3. The first-order valence-corrected chi connectivity index (χ1v) is 20.4. The van der Waals surface area contributed by atoms with Gasteiger partial charge in [0.25, 0.3) is 0 Å². The Morgan fingerprint density at radius 3 is 2.33 bits per heavy atom. The Hall–Kier alpha value is -6.53. The first-order valence-electron chi connectivity index (χ1n) is 20.4. The zero-order valence-corrected chi connectivity index (χ0v) is 34.1. The number of alkyl carbamates (subject to hydrolysis) is 1. The van der Waals surface area contributed by atoms with Crippen LogP contribution in [-0.2, 0) is 9.53 Å². The number of hydrogen-bond acceptors (Lipinski definition) is 8. The molecule has 2 aliphatic rings. The zero-order chi connectivity index (χ0) is 42.1. The molecule has 0 radical (unpaired) electrons. The van der Waals surface area contributed by atoms with E-state index >= 15 is 0 Å². The second-order valence-corrected chi connectivity index (χ2v) is 15.9. The number of ether oxygens (including phenoxy) is 1. The molecule has 0 bridgehead atoms. The molecule has 0 spiro atoms. The molecule has 3 amide bonds. The lowest BCUT2D eigenvalue weighted by molar-refractivity contribution is -1.15. The highest BCUT2D eigenvalue weighted by Crippen LogP contribution is 2.41. The van der Waals surface area contributed by atoms with Gasteiger partial charge in [0.2, 0.25) is 5.91 Å². The number of hydroxylamine groups is 2. The summed E-state index contributed by atoms with van der Waals surface area (Å²) in [6, 6.07) is 25.0. The number of carboxylic acid groups (broad SMARTS) is 1. The van der Waals surface area contributed by atoms with Crippen LogP contribution in [0.25, 0.3) is 33.1 Å². The molecule has 5 N–H and O–H groups in total. The van der Waals surface area contributed by atoms with E-state index in [2.05, 4.69) is 32.1 Å². The molecule has 308 valence electrons. The SMILES string of the molecule is COC(=O)NC(C(=O)N1CCCC1c1nc2c(ccc3cc(C#Cc4ccc(-c5cnc(C6CCCN6[N+](O)(C(=O)O)C(C)c6ccccc6)[nH]5)cc4)ccc32)[nH]1)C(C)C. The Labute approximate surface area is 347 Å². The Morgan fingerprint density at radius 2 is 1.60 bits per heavy atom. The van der Waals surface area contributed by atoms with Crippen molar-refractivity contribution in [3.63, 3.8) is 0 Å². The van der Waals surface area contributed by atoms with E-state index < -0.39 is 35.1 Å². The highest BCUT2D eigenvalue weighted by atomic mass is 16.7. The summed E-state index contributed by atoms with van der Waals surface area (Å²) in [7, 11) is 1.29. The Balaban J connectivity index is 0.966. The van der Waals surface area contributed by atoms with E-state index in [9.17, 15) is 24.7 Å². The lowest BCUT2D eigenvalue weighted by Gasteiger charge is -2.38. The lowest BCUT2D eigenvalue weighted by Crippen LogP contribution is -2.61. The normalized spacial score (nSPS) is 18.9. The van der Waals surface area contributed by atoms with Crippen LogP contribution in [0.3, 0.4) is 0 Å². The molecule has 2 saturated heterocycles. The fourth-order valence-electron chi connectivity index (χ4n) is 8.61. The smallest absolute Gasteiger partial charge is 0.453 e. The number of likely N-dealkylation sites (tertiary alicyclic amines) is 1. The van der Waals surface area contributed by atoms with Gasteiger partial charge >= 0.3 is 12.2 Å². The number of amides is 3. The van der Waals surface area contributed by atoms with Crippen LogP contribution >= 0.6 is 0 Å². The van der Waals surface area contributed by atoms with Crippen molar-refractivity contribution in [2.24, 2.45) is 5.92 Å². The lowest BCUT2D eigenvalue weighted by atomic mass is 10.0. The first-order chi connectivity index (χ1) is 29.0. The van der Waals surface area contributed by atoms with Gasteiger partial charge in [-0.25, -0.2) is 14.8 Å². The van der Waals surface area contributed by atoms with Crippen LogP contribution in [0, 0.1) is 17.8 Å². The number of nitrogens with zero attached hydrogens (tertiary/aromatic N) is 5. The molecule has 14 nitrogen and oxygen atoms in total. The topological polar surface area (TPSA) is 177 Å². The van der Waals surface area contributed by atoms with E-state index in [1.54, 1.807) is 18.1 Å². The molecule has 8 rings (SSSR count). The molecule has 2 aliphatic heterocycles. The van der Waals surface area contributed by atoms with E-state index in [1.165, 1.54) is 7.11 Å². The summed E-state index contributed by atoms with van der Waals surface area (Å²) >= 11 is 0. The van der Waals surface area contributed by atoms with Gasteiger partial charge in [-0.1, -0.05) is 80.3 Å². The van der Waals surface area contributed by atoms with Gasteiger partial charge in [0.15, 0.2) is 6.04 Å². The van der Waals surface area contributed by atoms with Crippen LogP contribution in [0.1, 0.15) is 92.9 Å². The average Bonchev–Trinajstić information content (AvgIpc) is 4.11. The predicted octanol–water partition coefficient (Wildman–Crippen LogP) is 8.25. The van der Waals surface area contributed by atoms with E-state index in [-0.39, 0.29) is 17.9 Å². The van der Waals surface area contributed by atoms with Gasteiger partial charge in [-0.05, 0) is 79.8 Å². The van der Waals surface area contributed by atoms with Crippen LogP contribution < -0.4 is 5.32 Å². The number of carbonyl (C=O) groups is 3. The second-order valence-electron chi connectivity index (χ2n) is 15.9. The van der Waals surface area contributed by atoms with Gasteiger partial charge in [-0.2, -0.15) is 10.0 Å². The number of nitrogens with one attached hydrogen (secondary N) is 3. The van der Waals surface area contributed by atoms with Crippen molar-refractivity contribution in [1.82, 2.24) is 35.2 Å². The Kier molecular flexibility index (Phi) is 11.1. The van der Waals surface area contributed by atoms with E-state index in [4.69, 9.17) is 9.72 Å². The van der Waals surface area contributed by atoms with Crippen molar-refractivity contribution in [3.8, 4) is 23.1 Å². The van der Waals surface area contributed by atoms with Crippen molar-refractivity contribution < 1.29 is 34.2 Å². The number of rotatable bonds is 9. The molecule has 2 aromatic heterocycles. The minimum atomic E-state index is -1.34. The van der Waals surface area contributed by atoms with Crippen LogP contribution in [-0.4, -0.2) is 89.2 Å². The zero-order valence-electron chi connectivity index (χ0n) is 34.1. The predicted molar refractivity (Wildman–Crippen MR) is 225 cm³/mol. The van der Waals surface area contributed by atoms with Crippen molar-refractivity contribution in [2.75, 3.05) is 20.2 Å². The number of carbonyl (C=O) groups excluding carboxylic acids is 2. The van der Waals surface area contributed by atoms with Crippen molar-refractivity contribution in [2.45, 2.75) is 70.6 Å². The molecule has 5 atom stereocenters. The molecule has 14 heteroatoms. The summed E-state index contributed by atoms with van der Waals surface area (Å²) in [5.41, 5.74) is 5.80. The third-order valence-corrected chi connectivity index (χ3v) is 11.9. The highest BCUT2D eigenvalue weighted by molar-refractivity contribution is 6.04. The number of quaternary nitrogens is 1. The maximum Gasteiger partial charge on any atom is 0.568 e. The molecule has 60 heavy (non-hydrogen) atoms. The van der Waals surface area contributed by atoms with Gasteiger partial charge in [0.05, 0.1) is 42.6 Å². The average molecular weight is 810 g/mol. The minimum Gasteiger partial charge on any atom is -0.453 e. The maximum atomic E-state index is 13.7. The van der Waals surface area contributed by atoms with Crippen LogP contribution in [0.15, 0.2) is 91.1 Å². The fraction of sp³-hybridized carbons (Fsp3) is 0.326. The molecule has 0 aliphatic carbocycles. The Morgan fingerprint density at radius 1 is 0.883 bits per heavy atom. The number of hydrogen-bond donors (Lipinski definition) is 5. The number of methoxy groups -OCH3 is 1. The number of aromatic amines is 2. The molecule has 6 aromatic rings. The molecular formula is C46H49N8O6+. The molecule has 2 fully saturated rings. The second kappa shape index (κ2) is 16.6. The van der Waals surface area contributed by atoms with Gasteiger partial charge in [-0.15, -0.1) is 5.01 Å². The maximum absolute atomic E-state index is 13.7. The summed E-state index contributed by atoms with van der Waals surface area (Å²) in [4.78, 5) is 56.6. The van der Waals surface area contributed by atoms with Gasteiger partial charge in [-0.3, -0.25) is 4.79 Å². The number of imidazole rings is 2. The molecule has 4 aromatic carbocycles. The van der Waals surface area contributed by atoms with Gasteiger partial charge < -0.3 is 30.0 Å². The standard InChI is InChI=1S/C46H48N8O6/c1-28(2)40(51-45(56)60-4)44(55)52-24-8-12-38(52)43-48-36-23-21-34-26-31(18-22-35(34)41(36)50-43)15-14-30-16-19-33(20-17-30)37-27-47-42(49-37)39-13-9-25-53(39)54(59,46(57)58)29(3)32-10-6-5-7-11-32/h5-7,10-11,16-23,26-29,38-40,59H,8-9,12-13,24-25H2,1-4H3,(H3-,47,48,49,50,51,56,57,58)/p+1. The molecule has 5 unspecified atom stereocenters. The first kappa shape index (κ1) is 40.3.